The quantitative estimate of drug-likeness (QED) is 0.559. The molecule has 1 saturated carbocycles. The second kappa shape index (κ2) is 8.09. The fraction of sp³-hybridized carbons (Fsp3) is 0.688. The van der Waals surface area contributed by atoms with Crippen LogP contribution in [0.3, 0.4) is 0 Å². The van der Waals surface area contributed by atoms with Crippen LogP contribution in [0.4, 0.5) is 4.79 Å². The molecule has 25 heavy (non-hydrogen) atoms. The first-order valence-electron chi connectivity index (χ1n) is 8.28. The first-order chi connectivity index (χ1) is 11.8. The van der Waals surface area contributed by atoms with Gasteiger partial charge in [-0.25, -0.2) is 4.79 Å². The van der Waals surface area contributed by atoms with Crippen molar-refractivity contribution in [3.8, 4) is 0 Å². The number of fused-ring (bicyclic) bond motifs is 1. The van der Waals surface area contributed by atoms with Gasteiger partial charge in [0.25, 0.3) is 5.91 Å². The van der Waals surface area contributed by atoms with Crippen LogP contribution in [0.2, 0.25) is 0 Å². The van der Waals surface area contributed by atoms with Crippen molar-refractivity contribution in [2.45, 2.75) is 45.1 Å². The maximum Gasteiger partial charge on any atom is 0.413 e. The number of amides is 4. The number of carbonyl (C=O) groups excluding carboxylic acids is 5. The molecule has 0 aromatic heterocycles. The van der Waals surface area contributed by atoms with Crippen LogP contribution < -0.4 is 5.32 Å². The van der Waals surface area contributed by atoms with Gasteiger partial charge >= 0.3 is 12.1 Å². The van der Waals surface area contributed by atoms with Crippen molar-refractivity contribution in [2.24, 2.45) is 11.8 Å². The van der Waals surface area contributed by atoms with Gasteiger partial charge in [-0.1, -0.05) is 12.8 Å². The number of alkyl carbamates (subject to hydrolysis) is 1. The highest BCUT2D eigenvalue weighted by Crippen LogP contribution is 2.37. The zero-order valence-electron chi connectivity index (χ0n) is 14.3. The van der Waals surface area contributed by atoms with Gasteiger partial charge < -0.3 is 9.47 Å². The van der Waals surface area contributed by atoms with Gasteiger partial charge in [0.05, 0.1) is 25.4 Å². The van der Waals surface area contributed by atoms with Crippen molar-refractivity contribution < 1.29 is 33.4 Å². The summed E-state index contributed by atoms with van der Waals surface area (Å²) in [5.74, 6) is -2.52. The smallest absolute Gasteiger partial charge is 0.413 e. The van der Waals surface area contributed by atoms with Gasteiger partial charge in [0.1, 0.15) is 0 Å². The Bertz CT molecular complexity index is 565. The van der Waals surface area contributed by atoms with Gasteiger partial charge in [0, 0.05) is 6.54 Å². The summed E-state index contributed by atoms with van der Waals surface area (Å²) in [7, 11) is 1.10. The summed E-state index contributed by atoms with van der Waals surface area (Å²) >= 11 is 0. The summed E-state index contributed by atoms with van der Waals surface area (Å²) in [6.07, 6.45) is 0.934. The van der Waals surface area contributed by atoms with E-state index in [-0.39, 0.29) is 36.6 Å². The van der Waals surface area contributed by atoms with E-state index in [1.165, 1.54) is 6.92 Å². The summed E-state index contributed by atoms with van der Waals surface area (Å²) in [5.41, 5.74) is 0. The van der Waals surface area contributed by atoms with Gasteiger partial charge in [-0.3, -0.25) is 29.4 Å². The molecule has 2 aliphatic rings. The van der Waals surface area contributed by atoms with Crippen LogP contribution in [-0.4, -0.2) is 54.4 Å². The van der Waals surface area contributed by atoms with Crippen LogP contribution in [-0.2, 0) is 28.7 Å². The summed E-state index contributed by atoms with van der Waals surface area (Å²) in [5, 5.41) is 1.88. The minimum absolute atomic E-state index is 0.0607. The van der Waals surface area contributed by atoms with E-state index < -0.39 is 24.1 Å². The predicted octanol–water partition coefficient (Wildman–Crippen LogP) is 0.366. The Hall–Kier alpha value is -2.45. The Balaban J connectivity index is 1.81. The van der Waals surface area contributed by atoms with Crippen molar-refractivity contribution in [3.05, 3.63) is 0 Å². The fourth-order valence-electron chi connectivity index (χ4n) is 3.22. The molecular formula is C16H22N2O7. The molecule has 138 valence electrons. The van der Waals surface area contributed by atoms with Gasteiger partial charge in [-0.15, -0.1) is 0 Å². The van der Waals surface area contributed by atoms with Gasteiger partial charge in [-0.05, 0) is 19.8 Å². The maximum absolute atomic E-state index is 12.3. The highest BCUT2D eigenvalue weighted by Gasteiger charge is 2.47. The van der Waals surface area contributed by atoms with E-state index in [4.69, 9.17) is 4.74 Å². The molecule has 0 spiro atoms. The molecule has 3 atom stereocenters. The van der Waals surface area contributed by atoms with Gasteiger partial charge in [0.2, 0.25) is 11.8 Å². The van der Waals surface area contributed by atoms with Crippen molar-refractivity contribution in [3.63, 3.8) is 0 Å². The lowest BCUT2D eigenvalue weighted by atomic mass is 9.81. The van der Waals surface area contributed by atoms with Crippen LogP contribution in [0.1, 0.15) is 39.0 Å². The van der Waals surface area contributed by atoms with Gasteiger partial charge in [0.15, 0.2) is 6.10 Å². The van der Waals surface area contributed by atoms with E-state index in [0.717, 1.165) is 24.9 Å². The number of methoxy groups -OCH3 is 1. The number of ether oxygens (including phenoxy) is 2. The number of carbonyl (C=O) groups is 5. The van der Waals surface area contributed by atoms with Crippen molar-refractivity contribution in [2.75, 3.05) is 13.7 Å². The second-order valence-corrected chi connectivity index (χ2v) is 6.19. The largest absolute Gasteiger partial charge is 0.453 e. The lowest BCUT2D eigenvalue weighted by Gasteiger charge is -2.19. The van der Waals surface area contributed by atoms with E-state index in [0.29, 0.717) is 12.8 Å². The zero-order valence-corrected chi connectivity index (χ0v) is 14.3. The third kappa shape index (κ3) is 4.34. The van der Waals surface area contributed by atoms with Gasteiger partial charge in [-0.2, -0.15) is 0 Å². The molecule has 0 aromatic rings. The number of nitrogens with one attached hydrogen (secondary N) is 1. The predicted molar refractivity (Wildman–Crippen MR) is 82.9 cm³/mol. The molecule has 4 amide bonds. The average Bonchev–Trinajstić information content (AvgIpc) is 2.84. The first-order valence-corrected chi connectivity index (χ1v) is 8.28. The molecule has 0 aromatic carbocycles. The Kier molecular flexibility index (Phi) is 6.11. The van der Waals surface area contributed by atoms with E-state index in [1.807, 2.05) is 5.32 Å². The molecule has 1 saturated heterocycles. The summed E-state index contributed by atoms with van der Waals surface area (Å²) in [6.45, 7) is 1.24. The number of hydrogen-bond acceptors (Lipinski definition) is 7. The molecule has 0 radical (unpaired) electrons. The molecule has 1 heterocycles. The Morgan fingerprint density at radius 3 is 2.24 bits per heavy atom. The van der Waals surface area contributed by atoms with E-state index in [9.17, 15) is 24.0 Å². The number of hydrogen-bond donors (Lipinski definition) is 1. The standard InChI is InChI=1S/C16H22N2O7/c1-9(13(20)17-16(23)24-2)25-12(19)7-8-18-14(21)10-5-3-4-6-11(10)15(18)22/h9-11H,3-8H2,1-2H3,(H,17,20,23)/t9-,10-,11+/m1/s1. The van der Waals surface area contributed by atoms with E-state index >= 15 is 0 Å². The minimum Gasteiger partial charge on any atom is -0.453 e. The van der Waals surface area contributed by atoms with Crippen LogP contribution in [0.25, 0.3) is 0 Å². The SMILES string of the molecule is COC(=O)NC(=O)[C@@H](C)OC(=O)CCN1C(=O)[C@H]2CCCC[C@H]2C1=O. The third-order valence-electron chi connectivity index (χ3n) is 4.56. The molecule has 0 unspecified atom stereocenters. The molecule has 1 aliphatic heterocycles. The molecular weight excluding hydrogens is 332 g/mol. The summed E-state index contributed by atoms with van der Waals surface area (Å²) in [4.78, 5) is 60.0. The number of rotatable bonds is 5. The lowest BCUT2D eigenvalue weighted by molar-refractivity contribution is -0.155. The Morgan fingerprint density at radius 1 is 1.16 bits per heavy atom. The maximum atomic E-state index is 12.3. The molecule has 0 bridgehead atoms. The first kappa shape index (κ1) is 18.9. The minimum atomic E-state index is -1.20. The Labute approximate surface area is 145 Å². The fourth-order valence-corrected chi connectivity index (χ4v) is 3.22. The van der Waals surface area contributed by atoms with Crippen molar-refractivity contribution >= 4 is 29.8 Å². The molecule has 2 fully saturated rings. The van der Waals surface area contributed by atoms with Crippen LogP contribution in [0.15, 0.2) is 0 Å². The molecule has 2 rings (SSSR count). The third-order valence-corrected chi connectivity index (χ3v) is 4.56. The Morgan fingerprint density at radius 2 is 1.72 bits per heavy atom. The number of likely N-dealkylation sites (tertiary alicyclic amines) is 1. The number of nitrogens with zero attached hydrogens (tertiary/aromatic N) is 1. The summed E-state index contributed by atoms with van der Waals surface area (Å²) < 4.78 is 9.17. The summed E-state index contributed by atoms with van der Waals surface area (Å²) in [6, 6.07) is 0. The normalized spacial score (nSPS) is 23.7. The van der Waals surface area contributed by atoms with E-state index in [1.54, 1.807) is 0 Å². The molecule has 9 heteroatoms. The molecule has 1 aliphatic carbocycles. The molecule has 9 nitrogen and oxygen atoms in total. The monoisotopic (exact) mass is 354 g/mol. The number of esters is 1. The van der Waals surface area contributed by atoms with Crippen LogP contribution in [0.5, 0.6) is 0 Å². The highest BCUT2D eigenvalue weighted by molar-refractivity contribution is 6.05. The lowest BCUT2D eigenvalue weighted by Crippen LogP contribution is -2.40. The topological polar surface area (TPSA) is 119 Å². The van der Waals surface area contributed by atoms with Crippen molar-refractivity contribution in [1.82, 2.24) is 10.2 Å². The van der Waals surface area contributed by atoms with Crippen molar-refractivity contribution in [1.29, 1.82) is 0 Å². The van der Waals surface area contributed by atoms with Crippen LogP contribution >= 0.6 is 0 Å². The van der Waals surface area contributed by atoms with Crippen LogP contribution in [0, 0.1) is 11.8 Å². The van der Waals surface area contributed by atoms with E-state index in [2.05, 4.69) is 4.74 Å². The average molecular weight is 354 g/mol. The zero-order chi connectivity index (χ0) is 18.6. The highest BCUT2D eigenvalue weighted by atomic mass is 16.6. The second-order valence-electron chi connectivity index (χ2n) is 6.19. The molecule has 1 N–H and O–H groups in total. The number of imide groups is 2.